The van der Waals surface area contributed by atoms with E-state index in [1.165, 1.54) is 40.4 Å². The Kier molecular flexibility index (Phi) is 8.10. The summed E-state index contributed by atoms with van der Waals surface area (Å²) in [5.74, 6) is -1.11. The quantitative estimate of drug-likeness (QED) is 0.364. The van der Waals surface area contributed by atoms with Gasteiger partial charge in [-0.15, -0.1) is 28.5 Å². The lowest BCUT2D eigenvalue weighted by Gasteiger charge is -2.26. The fraction of sp³-hybridized carbons (Fsp3) is 0.429. The highest BCUT2D eigenvalue weighted by molar-refractivity contribution is 7.13. The first kappa shape index (κ1) is 25.5. The number of halogens is 3. The largest absolute Gasteiger partial charge is 0.573 e. The summed E-state index contributed by atoms with van der Waals surface area (Å²) in [4.78, 5) is 24.4. The normalized spacial score (nSPS) is 13.8. The third kappa shape index (κ3) is 7.45. The van der Waals surface area contributed by atoms with Crippen LogP contribution in [-0.2, 0) is 24.2 Å². The van der Waals surface area contributed by atoms with E-state index in [0.717, 1.165) is 17.8 Å². The highest BCUT2D eigenvalue weighted by atomic mass is 32.1. The molecule has 0 radical (unpaired) electrons. The molecule has 0 saturated carbocycles. The molecule has 4 rings (SSSR count). The number of aryl methyl sites for hydroxylation is 2. The number of carbonyl (C=O) groups excluding carboxylic acids is 2. The van der Waals surface area contributed by atoms with Crippen molar-refractivity contribution >= 4 is 23.2 Å². The van der Waals surface area contributed by atoms with Gasteiger partial charge in [0.05, 0.1) is 25.5 Å². The molecule has 0 unspecified atom stereocenters. The Labute approximate surface area is 207 Å². The molecule has 0 atom stereocenters. The van der Waals surface area contributed by atoms with Crippen LogP contribution in [0.15, 0.2) is 30.5 Å². The lowest BCUT2D eigenvalue weighted by molar-refractivity contribution is -0.274. The minimum atomic E-state index is -4.79. The monoisotopic (exact) mass is 525 g/mol. The van der Waals surface area contributed by atoms with Gasteiger partial charge in [-0.05, 0) is 30.5 Å². The number of amides is 2. The zero-order valence-corrected chi connectivity index (χ0v) is 19.6. The number of ether oxygens (including phenoxy) is 2. The summed E-state index contributed by atoms with van der Waals surface area (Å²) in [7, 11) is 0. The Morgan fingerprint density at radius 1 is 1.17 bits per heavy atom. The smallest absolute Gasteiger partial charge is 0.406 e. The van der Waals surface area contributed by atoms with Crippen molar-refractivity contribution in [2.24, 2.45) is 0 Å². The Bertz CT molecular complexity index is 1200. The highest BCUT2D eigenvalue weighted by Crippen LogP contribution is 2.23. The van der Waals surface area contributed by atoms with Crippen LogP contribution in [0.1, 0.15) is 43.7 Å². The van der Waals surface area contributed by atoms with Gasteiger partial charge in [-0.3, -0.25) is 14.3 Å². The van der Waals surface area contributed by atoms with E-state index in [1.54, 1.807) is 6.07 Å². The lowest BCUT2D eigenvalue weighted by atomic mass is 10.2. The van der Waals surface area contributed by atoms with E-state index in [1.807, 2.05) is 0 Å². The predicted molar refractivity (Wildman–Crippen MR) is 119 cm³/mol. The van der Waals surface area contributed by atoms with Gasteiger partial charge in [0.25, 0.3) is 11.8 Å². The van der Waals surface area contributed by atoms with Gasteiger partial charge >= 0.3 is 6.36 Å². The van der Waals surface area contributed by atoms with Crippen LogP contribution in [0.2, 0.25) is 0 Å². The molecule has 192 valence electrons. The highest BCUT2D eigenvalue weighted by Gasteiger charge is 2.31. The van der Waals surface area contributed by atoms with Crippen LogP contribution in [0.25, 0.3) is 0 Å². The lowest BCUT2D eigenvalue weighted by Crippen LogP contribution is -2.48. The minimum absolute atomic E-state index is 0.00293. The zero-order chi connectivity index (χ0) is 25.5. The maximum atomic E-state index is 12.4. The first-order valence-corrected chi connectivity index (χ1v) is 11.8. The standard InChI is InChI=1S/C21H22F3N7O4S/c22-21(23,24)35-15-5-3-4-13(8-15)9-25-18(32)16-10-31(30-27-16)7-2-1-6-17-28-29-20(36-17)19(33)26-14-11-34-12-14/h3-5,8,10,14H,1-2,6-7,9,11-12H2,(H,25,32)(H,26,33). The van der Waals surface area contributed by atoms with Gasteiger partial charge in [0.2, 0.25) is 5.01 Å². The molecule has 36 heavy (non-hydrogen) atoms. The van der Waals surface area contributed by atoms with E-state index in [2.05, 4.69) is 35.9 Å². The summed E-state index contributed by atoms with van der Waals surface area (Å²) in [6, 6.07) is 5.37. The van der Waals surface area contributed by atoms with Crippen LogP contribution in [0.3, 0.4) is 0 Å². The average molecular weight is 526 g/mol. The molecule has 1 aliphatic rings. The van der Waals surface area contributed by atoms with E-state index < -0.39 is 12.3 Å². The van der Waals surface area contributed by atoms with Gasteiger partial charge in [-0.2, -0.15) is 0 Å². The number of alkyl halides is 3. The first-order valence-electron chi connectivity index (χ1n) is 11.0. The van der Waals surface area contributed by atoms with Crippen molar-refractivity contribution in [3.05, 3.63) is 51.7 Å². The number of hydrogen-bond donors (Lipinski definition) is 2. The van der Waals surface area contributed by atoms with Crippen LogP contribution < -0.4 is 15.4 Å². The number of carbonyl (C=O) groups is 2. The van der Waals surface area contributed by atoms with Gasteiger partial charge in [0.1, 0.15) is 10.8 Å². The van der Waals surface area contributed by atoms with Gasteiger partial charge in [-0.1, -0.05) is 28.7 Å². The Morgan fingerprint density at radius 3 is 2.75 bits per heavy atom. The van der Waals surface area contributed by atoms with Crippen LogP contribution in [0.4, 0.5) is 13.2 Å². The molecule has 3 aromatic rings. The second-order valence-electron chi connectivity index (χ2n) is 7.91. The van der Waals surface area contributed by atoms with Crippen LogP contribution in [0, 0.1) is 0 Å². The van der Waals surface area contributed by atoms with E-state index in [9.17, 15) is 22.8 Å². The minimum Gasteiger partial charge on any atom is -0.406 e. The van der Waals surface area contributed by atoms with E-state index in [4.69, 9.17) is 4.74 Å². The number of hydrogen-bond acceptors (Lipinski definition) is 9. The zero-order valence-electron chi connectivity index (χ0n) is 18.8. The molecule has 2 amide bonds. The van der Waals surface area contributed by atoms with E-state index in [0.29, 0.717) is 36.8 Å². The Morgan fingerprint density at radius 2 is 2.00 bits per heavy atom. The van der Waals surface area contributed by atoms with Crippen molar-refractivity contribution in [3.8, 4) is 5.75 Å². The van der Waals surface area contributed by atoms with Crippen LogP contribution in [-0.4, -0.2) is 62.6 Å². The SMILES string of the molecule is O=C(NCc1cccc(OC(F)(F)F)c1)c1cn(CCCCc2nnc(C(=O)NC3COC3)s2)nn1. The van der Waals surface area contributed by atoms with Crippen LogP contribution in [0.5, 0.6) is 5.75 Å². The van der Waals surface area contributed by atoms with Crippen molar-refractivity contribution in [2.75, 3.05) is 13.2 Å². The fourth-order valence-corrected chi connectivity index (χ4v) is 3.98. The number of nitrogens with zero attached hydrogens (tertiary/aromatic N) is 5. The molecule has 1 aromatic carbocycles. The molecular formula is C21H22F3N7O4S. The van der Waals surface area contributed by atoms with Crippen molar-refractivity contribution in [3.63, 3.8) is 0 Å². The van der Waals surface area contributed by atoms with E-state index in [-0.39, 0.29) is 29.9 Å². The van der Waals surface area contributed by atoms with Crippen LogP contribution >= 0.6 is 11.3 Å². The average Bonchev–Trinajstić information content (AvgIpc) is 3.46. The number of nitrogens with one attached hydrogen (secondary N) is 2. The third-order valence-electron chi connectivity index (χ3n) is 5.02. The molecule has 1 fully saturated rings. The maximum Gasteiger partial charge on any atom is 0.573 e. The van der Waals surface area contributed by atoms with Gasteiger partial charge < -0.3 is 20.1 Å². The molecule has 0 spiro atoms. The molecule has 0 bridgehead atoms. The number of rotatable bonds is 11. The number of unbranched alkanes of at least 4 members (excludes halogenated alkanes) is 1. The summed E-state index contributed by atoms with van der Waals surface area (Å²) >= 11 is 1.25. The van der Waals surface area contributed by atoms with Crippen molar-refractivity contribution in [2.45, 2.75) is 44.8 Å². The molecule has 3 heterocycles. The second-order valence-corrected chi connectivity index (χ2v) is 8.97. The van der Waals surface area contributed by atoms with Crippen molar-refractivity contribution in [1.82, 2.24) is 35.8 Å². The molecule has 15 heteroatoms. The van der Waals surface area contributed by atoms with Gasteiger partial charge in [0, 0.05) is 19.5 Å². The third-order valence-corrected chi connectivity index (χ3v) is 6.00. The molecular weight excluding hydrogens is 503 g/mol. The van der Waals surface area contributed by atoms with Crippen molar-refractivity contribution in [1.29, 1.82) is 0 Å². The molecule has 2 aromatic heterocycles. The number of benzene rings is 1. The predicted octanol–water partition coefficient (Wildman–Crippen LogP) is 2.11. The van der Waals surface area contributed by atoms with Gasteiger partial charge in [0.15, 0.2) is 5.69 Å². The molecule has 1 aliphatic heterocycles. The maximum absolute atomic E-state index is 12.4. The topological polar surface area (TPSA) is 133 Å². The molecule has 2 N–H and O–H groups in total. The molecule has 0 aliphatic carbocycles. The first-order chi connectivity index (χ1) is 17.2. The van der Waals surface area contributed by atoms with E-state index >= 15 is 0 Å². The summed E-state index contributed by atoms with van der Waals surface area (Å²) in [6.45, 7) is 1.54. The Balaban J connectivity index is 1.17. The van der Waals surface area contributed by atoms with Gasteiger partial charge in [-0.25, -0.2) is 0 Å². The summed E-state index contributed by atoms with van der Waals surface area (Å²) in [5, 5.41) is 22.3. The van der Waals surface area contributed by atoms with Crippen molar-refractivity contribution < 1.29 is 32.2 Å². The summed E-state index contributed by atoms with van der Waals surface area (Å²) in [5.41, 5.74) is 0.529. The molecule has 1 saturated heterocycles. The second kappa shape index (κ2) is 11.4. The number of aromatic nitrogens is 5. The summed E-state index contributed by atoms with van der Waals surface area (Å²) < 4.78 is 47.5. The molecule has 11 nitrogen and oxygen atoms in total. The fourth-order valence-electron chi connectivity index (χ4n) is 3.20. The Hall–Kier alpha value is -3.59. The summed E-state index contributed by atoms with van der Waals surface area (Å²) in [6.07, 6.45) is -1.14.